The molecule has 1 aliphatic rings. The third kappa shape index (κ3) is 1.43. The Hall–Kier alpha value is -0.120. The van der Waals surface area contributed by atoms with E-state index in [9.17, 15) is 0 Å². The van der Waals surface area contributed by atoms with Gasteiger partial charge in [0.15, 0.2) is 0 Å². The third-order valence-electron chi connectivity index (χ3n) is 1.33. The van der Waals surface area contributed by atoms with Crippen molar-refractivity contribution in [2.24, 2.45) is 11.5 Å². The molecule has 0 saturated carbocycles. The molecule has 1 aliphatic heterocycles. The Balaban J connectivity index is 2.23. The van der Waals surface area contributed by atoms with Crippen molar-refractivity contribution in [1.82, 2.24) is 5.32 Å². The lowest BCUT2D eigenvalue weighted by atomic mass is 10.1. The van der Waals surface area contributed by atoms with Gasteiger partial charge in [0.25, 0.3) is 0 Å². The van der Waals surface area contributed by atoms with Gasteiger partial charge in [-0.1, -0.05) is 0 Å². The molecule has 0 amide bonds. The van der Waals surface area contributed by atoms with Gasteiger partial charge >= 0.3 is 0 Å². The van der Waals surface area contributed by atoms with Crippen LogP contribution in [0.25, 0.3) is 0 Å². The van der Waals surface area contributed by atoms with Crippen molar-refractivity contribution in [3.05, 3.63) is 6.04 Å². The van der Waals surface area contributed by atoms with Crippen molar-refractivity contribution < 1.29 is 0 Å². The Morgan fingerprint density at radius 2 is 2.38 bits per heavy atom. The summed E-state index contributed by atoms with van der Waals surface area (Å²) in [6, 6.07) is 1.02. The zero-order chi connectivity index (χ0) is 5.98. The minimum absolute atomic E-state index is 0.101. The minimum Gasteiger partial charge on any atom is -0.323 e. The summed E-state index contributed by atoms with van der Waals surface area (Å²) in [6.45, 7) is 0.938. The Bertz CT molecular complexity index is 66.1. The van der Waals surface area contributed by atoms with Crippen LogP contribution < -0.4 is 16.8 Å². The smallest absolute Gasteiger partial charge is 0.0564 e. The fourth-order valence-electron chi connectivity index (χ4n) is 0.875. The van der Waals surface area contributed by atoms with Crippen LogP contribution >= 0.6 is 0 Å². The predicted molar refractivity (Wildman–Crippen MR) is 32.6 cm³/mol. The van der Waals surface area contributed by atoms with E-state index < -0.39 is 0 Å². The van der Waals surface area contributed by atoms with Crippen LogP contribution in [-0.2, 0) is 0 Å². The van der Waals surface area contributed by atoms with E-state index in [0.29, 0.717) is 0 Å². The molecular formula is C5H12N3. The fraction of sp³-hybridized carbons (Fsp3) is 0.800. The summed E-state index contributed by atoms with van der Waals surface area (Å²) in [4.78, 5) is 0. The SMILES string of the molecule is N[C]1CCNC(N)C1. The van der Waals surface area contributed by atoms with Gasteiger partial charge in [0.2, 0.25) is 0 Å². The molecule has 0 aliphatic carbocycles. The summed E-state index contributed by atoms with van der Waals surface area (Å²) >= 11 is 0. The first-order chi connectivity index (χ1) is 3.79. The summed E-state index contributed by atoms with van der Waals surface area (Å²) in [5.41, 5.74) is 11.0. The van der Waals surface area contributed by atoms with Gasteiger partial charge in [-0.05, 0) is 19.4 Å². The molecule has 47 valence electrons. The molecule has 0 bridgehead atoms. The van der Waals surface area contributed by atoms with Crippen LogP contribution in [0.15, 0.2) is 0 Å². The molecule has 0 aromatic heterocycles. The molecule has 0 aromatic carbocycles. The molecule has 1 unspecified atom stereocenters. The summed E-state index contributed by atoms with van der Waals surface area (Å²) in [7, 11) is 0. The minimum atomic E-state index is 0.101. The molecule has 1 atom stereocenters. The predicted octanol–water partition coefficient (Wildman–Crippen LogP) is -0.855. The van der Waals surface area contributed by atoms with E-state index in [4.69, 9.17) is 11.5 Å². The topological polar surface area (TPSA) is 64.1 Å². The van der Waals surface area contributed by atoms with E-state index in [-0.39, 0.29) is 6.17 Å². The molecule has 1 radical (unpaired) electrons. The molecule has 3 nitrogen and oxygen atoms in total. The van der Waals surface area contributed by atoms with Crippen LogP contribution in [0.2, 0.25) is 0 Å². The molecular weight excluding hydrogens is 102 g/mol. The van der Waals surface area contributed by atoms with Crippen molar-refractivity contribution in [3.8, 4) is 0 Å². The lowest BCUT2D eigenvalue weighted by Crippen LogP contribution is -2.45. The number of rotatable bonds is 0. The summed E-state index contributed by atoms with van der Waals surface area (Å²) in [5.74, 6) is 0. The molecule has 1 fully saturated rings. The second kappa shape index (κ2) is 2.44. The number of nitrogens with one attached hydrogen (secondary N) is 1. The molecule has 8 heavy (non-hydrogen) atoms. The Morgan fingerprint density at radius 3 is 2.75 bits per heavy atom. The standard InChI is InChI=1S/C5H12N3/c6-4-1-2-8-5(7)3-4/h5,8H,1-3,6-7H2. The van der Waals surface area contributed by atoms with Crippen molar-refractivity contribution in [2.75, 3.05) is 6.54 Å². The van der Waals surface area contributed by atoms with Crippen molar-refractivity contribution >= 4 is 0 Å². The zero-order valence-corrected chi connectivity index (χ0v) is 4.85. The third-order valence-corrected chi connectivity index (χ3v) is 1.33. The zero-order valence-electron chi connectivity index (χ0n) is 4.85. The number of nitrogens with two attached hydrogens (primary N) is 2. The van der Waals surface area contributed by atoms with E-state index in [2.05, 4.69) is 5.32 Å². The second-order valence-corrected chi connectivity index (χ2v) is 2.17. The molecule has 1 saturated heterocycles. The van der Waals surface area contributed by atoms with E-state index in [1.807, 2.05) is 0 Å². The van der Waals surface area contributed by atoms with Crippen LogP contribution in [0.3, 0.4) is 0 Å². The molecule has 0 spiro atoms. The quantitative estimate of drug-likeness (QED) is 0.384. The van der Waals surface area contributed by atoms with Gasteiger partial charge in [-0.3, -0.25) is 0 Å². The molecule has 5 N–H and O–H groups in total. The molecule has 0 aromatic rings. The van der Waals surface area contributed by atoms with Crippen LogP contribution in [0, 0.1) is 6.04 Å². The van der Waals surface area contributed by atoms with Crippen LogP contribution in [0.1, 0.15) is 12.8 Å². The van der Waals surface area contributed by atoms with Gasteiger partial charge < -0.3 is 16.8 Å². The summed E-state index contributed by atoms with van der Waals surface area (Å²) < 4.78 is 0. The maximum Gasteiger partial charge on any atom is 0.0564 e. The second-order valence-electron chi connectivity index (χ2n) is 2.17. The lowest BCUT2D eigenvalue weighted by Gasteiger charge is -2.23. The highest BCUT2D eigenvalue weighted by Gasteiger charge is 2.14. The van der Waals surface area contributed by atoms with Crippen molar-refractivity contribution in [3.63, 3.8) is 0 Å². The maximum atomic E-state index is 5.52. The van der Waals surface area contributed by atoms with E-state index in [1.165, 1.54) is 0 Å². The van der Waals surface area contributed by atoms with Crippen molar-refractivity contribution in [1.29, 1.82) is 0 Å². The van der Waals surface area contributed by atoms with Crippen LogP contribution in [0.5, 0.6) is 0 Å². The van der Waals surface area contributed by atoms with Crippen molar-refractivity contribution in [2.45, 2.75) is 19.0 Å². The van der Waals surface area contributed by atoms with Gasteiger partial charge in [-0.25, -0.2) is 0 Å². The molecule has 3 heteroatoms. The van der Waals surface area contributed by atoms with Crippen LogP contribution in [-0.4, -0.2) is 12.7 Å². The first-order valence-electron chi connectivity index (χ1n) is 2.88. The van der Waals surface area contributed by atoms with Crippen LogP contribution in [0.4, 0.5) is 0 Å². The highest BCUT2D eigenvalue weighted by atomic mass is 15.0. The summed E-state index contributed by atoms with van der Waals surface area (Å²) in [6.07, 6.45) is 1.91. The number of hydrogen-bond acceptors (Lipinski definition) is 3. The highest BCUT2D eigenvalue weighted by Crippen LogP contribution is 2.07. The highest BCUT2D eigenvalue weighted by molar-refractivity contribution is 4.90. The monoisotopic (exact) mass is 114 g/mol. The van der Waals surface area contributed by atoms with E-state index in [0.717, 1.165) is 25.4 Å². The van der Waals surface area contributed by atoms with Gasteiger partial charge in [0.05, 0.1) is 6.17 Å². The Kier molecular flexibility index (Phi) is 1.83. The molecule has 1 heterocycles. The average Bonchev–Trinajstić information content (AvgIpc) is 1.64. The lowest BCUT2D eigenvalue weighted by molar-refractivity contribution is 0.431. The fourth-order valence-corrected chi connectivity index (χ4v) is 0.875. The van der Waals surface area contributed by atoms with E-state index >= 15 is 0 Å². The number of hydrogen-bond donors (Lipinski definition) is 3. The first-order valence-corrected chi connectivity index (χ1v) is 2.88. The maximum absolute atomic E-state index is 5.52. The van der Waals surface area contributed by atoms with Gasteiger partial charge in [-0.2, -0.15) is 0 Å². The normalized spacial score (nSPS) is 33.0. The molecule has 1 rings (SSSR count). The van der Waals surface area contributed by atoms with Gasteiger partial charge in [-0.15, -0.1) is 0 Å². The Morgan fingerprint density at radius 1 is 1.62 bits per heavy atom. The largest absolute Gasteiger partial charge is 0.323 e. The Labute approximate surface area is 49.4 Å². The summed E-state index contributed by atoms with van der Waals surface area (Å²) in [5, 5.41) is 3.09. The van der Waals surface area contributed by atoms with E-state index in [1.54, 1.807) is 0 Å². The van der Waals surface area contributed by atoms with Gasteiger partial charge in [0, 0.05) is 6.04 Å². The number of piperidine rings is 1. The van der Waals surface area contributed by atoms with Gasteiger partial charge in [0.1, 0.15) is 0 Å². The average molecular weight is 114 g/mol. The first kappa shape index (κ1) is 6.01.